The van der Waals surface area contributed by atoms with E-state index in [2.05, 4.69) is 0 Å². The minimum absolute atomic E-state index is 0.136. The number of thioether (sulfide) groups is 1. The standard InChI is InChI=1S/C14H16Cl4NO6PS2/c1-3-24-26(21,25-4-2)14(13(16,17)18)19(12(20)9-27-14)28(22,23)11-7-5-10(15)6-8-11/h5-8H,3-4,9H2,1-2H3. The molecule has 1 aliphatic heterocycles. The Balaban J connectivity index is 2.80. The lowest BCUT2D eigenvalue weighted by molar-refractivity contribution is -0.124. The summed E-state index contributed by atoms with van der Waals surface area (Å²) in [5, 5.41) is 0.281. The van der Waals surface area contributed by atoms with Gasteiger partial charge in [-0.1, -0.05) is 46.4 Å². The molecule has 0 N–H and O–H groups in total. The summed E-state index contributed by atoms with van der Waals surface area (Å²) in [6.45, 7) is 2.75. The minimum Gasteiger partial charge on any atom is -0.306 e. The summed E-state index contributed by atoms with van der Waals surface area (Å²) in [6.07, 6.45) is 0. The van der Waals surface area contributed by atoms with Gasteiger partial charge < -0.3 is 9.05 Å². The fraction of sp³-hybridized carbons (Fsp3) is 0.500. The molecule has 0 radical (unpaired) electrons. The maximum atomic E-state index is 13.7. The summed E-state index contributed by atoms with van der Waals surface area (Å²) in [5.41, 5.74) is 0. The predicted octanol–water partition coefficient (Wildman–Crippen LogP) is 4.89. The van der Waals surface area contributed by atoms with Gasteiger partial charge in [0.15, 0.2) is 0 Å². The maximum absolute atomic E-state index is 13.7. The first-order chi connectivity index (χ1) is 12.9. The van der Waals surface area contributed by atoms with Gasteiger partial charge in [-0.2, -0.15) is 0 Å². The number of alkyl halides is 3. The van der Waals surface area contributed by atoms with Gasteiger partial charge in [-0.05, 0) is 38.1 Å². The molecule has 0 spiro atoms. The molecule has 7 nitrogen and oxygen atoms in total. The Labute approximate surface area is 187 Å². The van der Waals surface area contributed by atoms with Crippen molar-refractivity contribution in [3.63, 3.8) is 0 Å². The molecule has 1 aliphatic rings. The molecule has 0 aliphatic carbocycles. The zero-order valence-electron chi connectivity index (χ0n) is 14.6. The molecule has 158 valence electrons. The topological polar surface area (TPSA) is 90.0 Å². The van der Waals surface area contributed by atoms with Gasteiger partial charge in [0.1, 0.15) is 0 Å². The van der Waals surface area contributed by atoms with E-state index < -0.39 is 37.7 Å². The Hall–Kier alpha value is 0.300. The Kier molecular flexibility index (Phi) is 7.73. The van der Waals surface area contributed by atoms with Crippen LogP contribution < -0.4 is 0 Å². The Bertz CT molecular complexity index is 882. The zero-order valence-corrected chi connectivity index (χ0v) is 20.2. The summed E-state index contributed by atoms with van der Waals surface area (Å²) in [6, 6.07) is 5.01. The van der Waals surface area contributed by atoms with Crippen molar-refractivity contribution in [2.75, 3.05) is 19.0 Å². The van der Waals surface area contributed by atoms with Crippen molar-refractivity contribution in [1.29, 1.82) is 0 Å². The van der Waals surface area contributed by atoms with Crippen molar-refractivity contribution >= 4 is 81.7 Å². The molecule has 2 rings (SSSR count). The third kappa shape index (κ3) is 4.07. The lowest BCUT2D eigenvalue weighted by atomic mass is 10.4. The van der Waals surface area contributed by atoms with Crippen LogP contribution in [0, 0.1) is 0 Å². The highest BCUT2D eigenvalue weighted by atomic mass is 35.6. The highest BCUT2D eigenvalue weighted by Gasteiger charge is 2.74. The number of halogens is 4. The number of carbonyl (C=O) groups is 1. The van der Waals surface area contributed by atoms with E-state index in [1.54, 1.807) is 0 Å². The van der Waals surface area contributed by atoms with Gasteiger partial charge in [0.25, 0.3) is 14.6 Å². The minimum atomic E-state index is -4.60. The predicted molar refractivity (Wildman–Crippen MR) is 112 cm³/mol. The normalized spacial score (nSPS) is 21.4. The molecule has 1 aromatic rings. The highest BCUT2D eigenvalue weighted by Crippen LogP contribution is 2.75. The average Bonchev–Trinajstić information content (AvgIpc) is 2.95. The van der Waals surface area contributed by atoms with Gasteiger partial charge in [-0.15, -0.1) is 11.8 Å². The highest BCUT2D eigenvalue weighted by molar-refractivity contribution is 8.09. The number of hydrogen-bond donors (Lipinski definition) is 0. The molecule has 1 atom stereocenters. The zero-order chi connectivity index (χ0) is 21.4. The lowest BCUT2D eigenvalue weighted by Crippen LogP contribution is -2.55. The Morgan fingerprint density at radius 3 is 2.11 bits per heavy atom. The van der Waals surface area contributed by atoms with E-state index in [1.165, 1.54) is 38.1 Å². The molecule has 1 heterocycles. The van der Waals surface area contributed by atoms with Gasteiger partial charge in [0.2, 0.25) is 9.70 Å². The average molecular weight is 531 g/mol. The summed E-state index contributed by atoms with van der Waals surface area (Å²) in [7, 11) is -9.07. The molecule has 0 bridgehead atoms. The summed E-state index contributed by atoms with van der Waals surface area (Å²) < 4.78 is 46.2. The number of benzene rings is 1. The van der Waals surface area contributed by atoms with Crippen LogP contribution in [0.4, 0.5) is 0 Å². The number of rotatable bonds is 7. The van der Waals surface area contributed by atoms with Crippen LogP contribution in [0.15, 0.2) is 29.2 Å². The van der Waals surface area contributed by atoms with Gasteiger partial charge in [-0.25, -0.2) is 12.7 Å². The lowest BCUT2D eigenvalue weighted by Gasteiger charge is -2.43. The Morgan fingerprint density at radius 1 is 1.18 bits per heavy atom. The van der Waals surface area contributed by atoms with E-state index in [9.17, 15) is 17.8 Å². The van der Waals surface area contributed by atoms with E-state index in [4.69, 9.17) is 55.5 Å². The second kappa shape index (κ2) is 8.81. The first-order valence-electron chi connectivity index (χ1n) is 7.81. The van der Waals surface area contributed by atoms with E-state index >= 15 is 0 Å². The van der Waals surface area contributed by atoms with Crippen LogP contribution in [0.3, 0.4) is 0 Å². The van der Waals surface area contributed by atoms with Gasteiger partial charge in [-0.3, -0.25) is 9.36 Å². The molecule has 1 fully saturated rings. The quantitative estimate of drug-likeness (QED) is 0.366. The van der Waals surface area contributed by atoms with Gasteiger partial charge in [0, 0.05) is 5.02 Å². The van der Waals surface area contributed by atoms with Crippen molar-refractivity contribution in [2.24, 2.45) is 0 Å². The second-order valence-corrected chi connectivity index (χ2v) is 13.5. The third-order valence-corrected chi connectivity index (χ3v) is 12.3. The molecule has 28 heavy (non-hydrogen) atoms. The molecular formula is C14H16Cl4NO6PS2. The van der Waals surface area contributed by atoms with Crippen molar-refractivity contribution in [3.05, 3.63) is 29.3 Å². The van der Waals surface area contributed by atoms with Gasteiger partial charge >= 0.3 is 7.60 Å². The molecule has 14 heteroatoms. The maximum Gasteiger partial charge on any atom is 0.372 e. The van der Waals surface area contributed by atoms with Crippen molar-refractivity contribution < 1.29 is 26.8 Å². The third-order valence-electron chi connectivity index (χ3n) is 3.59. The second-order valence-electron chi connectivity index (χ2n) is 5.34. The van der Waals surface area contributed by atoms with Crippen molar-refractivity contribution in [3.8, 4) is 0 Å². The number of amides is 1. The van der Waals surface area contributed by atoms with Crippen LogP contribution in [0.1, 0.15) is 13.8 Å². The SMILES string of the molecule is CCOP(=O)(OCC)C1(C(Cl)(Cl)Cl)SCC(=O)N1S(=O)(=O)c1ccc(Cl)cc1. The number of carbonyl (C=O) groups excluding carboxylic acids is 1. The number of hydrogen-bond acceptors (Lipinski definition) is 7. The number of sulfonamides is 1. The molecule has 1 aromatic carbocycles. The van der Waals surface area contributed by atoms with Crippen LogP contribution >= 0.6 is 65.8 Å². The smallest absolute Gasteiger partial charge is 0.306 e. The monoisotopic (exact) mass is 529 g/mol. The van der Waals surface area contributed by atoms with Gasteiger partial charge in [0.05, 0.1) is 23.9 Å². The fourth-order valence-electron chi connectivity index (χ4n) is 2.55. The van der Waals surface area contributed by atoms with Crippen molar-refractivity contribution in [2.45, 2.75) is 27.1 Å². The van der Waals surface area contributed by atoms with Crippen LogP contribution in [0.25, 0.3) is 0 Å². The summed E-state index contributed by atoms with van der Waals surface area (Å²) >= 11 is 24.8. The summed E-state index contributed by atoms with van der Waals surface area (Å²) in [4.78, 5) is 12.4. The van der Waals surface area contributed by atoms with E-state index in [1.807, 2.05) is 0 Å². The van der Waals surface area contributed by atoms with Crippen LogP contribution in [-0.2, 0) is 28.4 Å². The number of nitrogens with zero attached hydrogens (tertiary/aromatic N) is 1. The molecule has 0 saturated carbocycles. The Morgan fingerprint density at radius 2 is 1.68 bits per heavy atom. The molecule has 1 saturated heterocycles. The van der Waals surface area contributed by atoms with Crippen molar-refractivity contribution in [1.82, 2.24) is 4.31 Å². The van der Waals surface area contributed by atoms with E-state index in [-0.39, 0.29) is 23.1 Å². The molecule has 1 unspecified atom stereocenters. The van der Waals surface area contributed by atoms with Crippen LogP contribution in [0.2, 0.25) is 5.02 Å². The van der Waals surface area contributed by atoms with Crippen LogP contribution in [-0.4, -0.2) is 46.0 Å². The molecule has 1 amide bonds. The molecule has 0 aromatic heterocycles. The van der Waals surface area contributed by atoms with E-state index in [0.717, 1.165) is 0 Å². The summed E-state index contributed by atoms with van der Waals surface area (Å²) in [5.74, 6) is -1.34. The first kappa shape index (κ1) is 24.6. The molecular weight excluding hydrogens is 515 g/mol. The van der Waals surface area contributed by atoms with E-state index in [0.29, 0.717) is 16.1 Å². The largest absolute Gasteiger partial charge is 0.372 e. The first-order valence-corrected chi connectivity index (χ1v) is 13.3. The fourth-order valence-corrected chi connectivity index (χ4v) is 10.9. The van der Waals surface area contributed by atoms with Crippen LogP contribution in [0.5, 0.6) is 0 Å².